The number of rotatable bonds is 5. The first-order valence-corrected chi connectivity index (χ1v) is 4.08. The normalized spacial score (nSPS) is 12.0. The van der Waals surface area contributed by atoms with Crippen LogP contribution in [0.25, 0.3) is 0 Å². The Bertz CT molecular complexity index is 81.3. The predicted octanol–water partition coefficient (Wildman–Crippen LogP) is 0.346. The van der Waals surface area contributed by atoms with Gasteiger partial charge in [-0.15, -0.1) is 0 Å². The summed E-state index contributed by atoms with van der Waals surface area (Å²) in [7, 11) is 8.38. The highest BCUT2D eigenvalue weighted by atomic mass is 15.4. The van der Waals surface area contributed by atoms with E-state index in [0.717, 1.165) is 19.9 Å². The second-order valence-corrected chi connectivity index (χ2v) is 3.43. The maximum Gasteiger partial charge on any atom is 0.0512 e. The summed E-state index contributed by atoms with van der Waals surface area (Å²) in [5, 5.41) is 0. The van der Waals surface area contributed by atoms with Crippen LogP contribution in [0.2, 0.25) is 0 Å². The van der Waals surface area contributed by atoms with Gasteiger partial charge in [-0.25, -0.2) is 0 Å². The molecule has 0 fully saturated rings. The maximum absolute atomic E-state index is 2.38. The summed E-state index contributed by atoms with van der Waals surface area (Å²) < 4.78 is 0. The summed E-state index contributed by atoms with van der Waals surface area (Å²) in [5.74, 6) is 0. The zero-order chi connectivity index (χ0) is 8.85. The summed E-state index contributed by atoms with van der Waals surface area (Å²) in [4.78, 5) is 6.75. The van der Waals surface area contributed by atoms with Gasteiger partial charge in [-0.2, -0.15) is 0 Å². The van der Waals surface area contributed by atoms with E-state index in [2.05, 4.69) is 49.8 Å². The van der Waals surface area contributed by atoms with Crippen molar-refractivity contribution >= 4 is 0 Å². The van der Waals surface area contributed by atoms with E-state index in [4.69, 9.17) is 0 Å². The van der Waals surface area contributed by atoms with Gasteiger partial charge in [-0.05, 0) is 34.7 Å². The Balaban J connectivity index is 3.58. The molecule has 0 aliphatic carbocycles. The Labute approximate surface area is 70.6 Å². The zero-order valence-electron chi connectivity index (χ0n) is 8.46. The van der Waals surface area contributed by atoms with E-state index in [0.29, 0.717) is 0 Å². The fraction of sp³-hybridized carbons (Fsp3) is 1.00. The van der Waals surface area contributed by atoms with Crippen LogP contribution in [-0.4, -0.2) is 62.8 Å². The van der Waals surface area contributed by atoms with E-state index in [9.17, 15) is 0 Å². The first-order chi connectivity index (χ1) is 5.06. The average molecular weight is 159 g/mol. The van der Waals surface area contributed by atoms with Crippen LogP contribution in [0.3, 0.4) is 0 Å². The van der Waals surface area contributed by atoms with Crippen LogP contribution in [0, 0.1) is 0 Å². The predicted molar refractivity (Wildman–Crippen MR) is 49.5 cm³/mol. The van der Waals surface area contributed by atoms with Crippen LogP contribution in [0.5, 0.6) is 0 Å². The third kappa shape index (κ3) is 6.28. The fourth-order valence-corrected chi connectivity index (χ4v) is 1.04. The Kier molecular flexibility index (Phi) is 5.46. The Morgan fingerprint density at radius 2 is 1.18 bits per heavy atom. The lowest BCUT2D eigenvalue weighted by molar-refractivity contribution is 0.124. The molecular weight excluding hydrogens is 138 g/mol. The summed E-state index contributed by atoms with van der Waals surface area (Å²) in [5.41, 5.74) is 0. The molecule has 0 aliphatic rings. The molecule has 0 atom stereocenters. The molecule has 0 heterocycles. The highest BCUT2D eigenvalue weighted by Crippen LogP contribution is 1.89. The number of hydrogen-bond acceptors (Lipinski definition) is 3. The van der Waals surface area contributed by atoms with Crippen molar-refractivity contribution in [3.8, 4) is 0 Å². The molecule has 68 valence electrons. The molecule has 0 aromatic heterocycles. The smallest absolute Gasteiger partial charge is 0.0512 e. The third-order valence-electron chi connectivity index (χ3n) is 1.41. The van der Waals surface area contributed by atoms with Gasteiger partial charge >= 0.3 is 0 Å². The first kappa shape index (κ1) is 10.9. The van der Waals surface area contributed by atoms with Gasteiger partial charge in [0.15, 0.2) is 0 Å². The van der Waals surface area contributed by atoms with Gasteiger partial charge in [0, 0.05) is 0 Å². The van der Waals surface area contributed by atoms with Gasteiger partial charge < -0.3 is 0 Å². The van der Waals surface area contributed by atoms with E-state index < -0.39 is 0 Å². The SMILES string of the molecule is CCN(CN(C)C)CN(C)C. The van der Waals surface area contributed by atoms with Crippen molar-refractivity contribution in [3.05, 3.63) is 0 Å². The first-order valence-electron chi connectivity index (χ1n) is 4.08. The molecule has 0 bridgehead atoms. The molecule has 0 aromatic carbocycles. The van der Waals surface area contributed by atoms with Crippen LogP contribution in [0.4, 0.5) is 0 Å². The molecule has 11 heavy (non-hydrogen) atoms. The summed E-state index contributed by atoms with van der Waals surface area (Å²) >= 11 is 0. The number of hydrogen-bond donors (Lipinski definition) is 0. The molecule has 3 heteroatoms. The molecule has 0 spiro atoms. The summed E-state index contributed by atoms with van der Waals surface area (Å²) in [6, 6.07) is 0. The third-order valence-corrected chi connectivity index (χ3v) is 1.41. The van der Waals surface area contributed by atoms with Crippen molar-refractivity contribution in [2.75, 3.05) is 48.1 Å². The zero-order valence-corrected chi connectivity index (χ0v) is 8.46. The number of nitrogens with zero attached hydrogens (tertiary/aromatic N) is 3. The molecule has 0 saturated heterocycles. The summed E-state index contributed by atoms with van der Waals surface area (Å²) in [6.07, 6.45) is 0. The minimum absolute atomic E-state index is 1.04. The largest absolute Gasteiger partial charge is 0.297 e. The highest BCUT2D eigenvalue weighted by molar-refractivity contribution is 4.50. The highest BCUT2D eigenvalue weighted by Gasteiger charge is 2.02. The molecule has 0 unspecified atom stereocenters. The summed E-state index contributed by atoms with van der Waals surface area (Å²) in [6.45, 7) is 5.37. The Morgan fingerprint density at radius 1 is 0.818 bits per heavy atom. The average Bonchev–Trinajstić information content (AvgIpc) is 1.84. The molecule has 0 rings (SSSR count). The van der Waals surface area contributed by atoms with Crippen molar-refractivity contribution in [2.24, 2.45) is 0 Å². The van der Waals surface area contributed by atoms with Crippen LogP contribution in [0.1, 0.15) is 6.92 Å². The van der Waals surface area contributed by atoms with Crippen molar-refractivity contribution in [1.82, 2.24) is 14.7 Å². The Morgan fingerprint density at radius 3 is 1.36 bits per heavy atom. The van der Waals surface area contributed by atoms with Crippen LogP contribution < -0.4 is 0 Å². The maximum atomic E-state index is 2.38. The minimum Gasteiger partial charge on any atom is -0.297 e. The Hall–Kier alpha value is -0.120. The van der Waals surface area contributed by atoms with Gasteiger partial charge in [0.05, 0.1) is 13.3 Å². The van der Waals surface area contributed by atoms with Gasteiger partial charge in [0.25, 0.3) is 0 Å². The molecule has 0 amide bonds. The lowest BCUT2D eigenvalue weighted by atomic mass is 10.6. The van der Waals surface area contributed by atoms with Gasteiger partial charge in [-0.1, -0.05) is 6.92 Å². The van der Waals surface area contributed by atoms with E-state index in [1.165, 1.54) is 0 Å². The van der Waals surface area contributed by atoms with E-state index in [-0.39, 0.29) is 0 Å². The van der Waals surface area contributed by atoms with Gasteiger partial charge in [0.1, 0.15) is 0 Å². The topological polar surface area (TPSA) is 9.72 Å². The van der Waals surface area contributed by atoms with Crippen LogP contribution in [-0.2, 0) is 0 Å². The quantitative estimate of drug-likeness (QED) is 0.536. The molecule has 0 N–H and O–H groups in total. The monoisotopic (exact) mass is 159 g/mol. The molecular formula is C8H21N3. The lowest BCUT2D eigenvalue weighted by Gasteiger charge is -2.26. The van der Waals surface area contributed by atoms with Crippen molar-refractivity contribution in [2.45, 2.75) is 6.92 Å². The molecule has 0 aromatic rings. The molecule has 0 saturated carbocycles. The van der Waals surface area contributed by atoms with Crippen LogP contribution >= 0.6 is 0 Å². The van der Waals surface area contributed by atoms with Crippen molar-refractivity contribution < 1.29 is 0 Å². The van der Waals surface area contributed by atoms with Gasteiger partial charge in [-0.3, -0.25) is 14.7 Å². The minimum atomic E-state index is 1.04. The van der Waals surface area contributed by atoms with Crippen molar-refractivity contribution in [3.63, 3.8) is 0 Å². The van der Waals surface area contributed by atoms with Crippen LogP contribution in [0.15, 0.2) is 0 Å². The van der Waals surface area contributed by atoms with E-state index in [1.807, 2.05) is 0 Å². The standard InChI is InChI=1S/C8H21N3/c1-6-11(7-9(2)3)8-10(4)5/h6-8H2,1-5H3. The van der Waals surface area contributed by atoms with E-state index >= 15 is 0 Å². The van der Waals surface area contributed by atoms with Crippen molar-refractivity contribution in [1.29, 1.82) is 0 Å². The fourth-order valence-electron chi connectivity index (χ4n) is 1.04. The molecule has 0 aliphatic heterocycles. The molecule has 0 radical (unpaired) electrons. The lowest BCUT2D eigenvalue weighted by Crippen LogP contribution is -2.39. The second kappa shape index (κ2) is 5.52. The second-order valence-electron chi connectivity index (χ2n) is 3.43. The molecule has 3 nitrogen and oxygen atoms in total. The van der Waals surface area contributed by atoms with Gasteiger partial charge in [0.2, 0.25) is 0 Å². The van der Waals surface area contributed by atoms with E-state index in [1.54, 1.807) is 0 Å².